The summed E-state index contributed by atoms with van der Waals surface area (Å²) < 4.78 is 33.3. The Morgan fingerprint density at radius 1 is 1.26 bits per heavy atom. The summed E-state index contributed by atoms with van der Waals surface area (Å²) in [4.78, 5) is 10.2. The van der Waals surface area contributed by atoms with Crippen LogP contribution in [0.3, 0.4) is 0 Å². The number of ether oxygens (including phenoxy) is 1. The van der Waals surface area contributed by atoms with Crippen LogP contribution >= 0.6 is 0 Å². The normalized spacial score (nSPS) is 23.4. The topological polar surface area (TPSA) is 102 Å². The number of nitro groups is 1. The van der Waals surface area contributed by atoms with Crippen LogP contribution in [0.2, 0.25) is 0 Å². The molecule has 2 saturated heterocycles. The number of morpholine rings is 1. The van der Waals surface area contributed by atoms with Crippen LogP contribution in [-0.2, 0) is 14.8 Å². The Labute approximate surface area is 134 Å². The lowest BCUT2D eigenvalue weighted by Crippen LogP contribution is -2.73. The van der Waals surface area contributed by atoms with Crippen LogP contribution < -0.4 is 5.32 Å². The Hall–Kier alpha value is -1.55. The summed E-state index contributed by atoms with van der Waals surface area (Å²) in [6.07, 6.45) is 0. The van der Waals surface area contributed by atoms with Crippen molar-refractivity contribution in [1.29, 1.82) is 0 Å². The van der Waals surface area contributed by atoms with Crippen LogP contribution in [-0.4, -0.2) is 55.0 Å². The number of nitrogens with zero attached hydrogens (tertiary/aromatic N) is 2. The van der Waals surface area contributed by atoms with Gasteiger partial charge in [0.2, 0.25) is 10.0 Å². The first-order valence-electron chi connectivity index (χ1n) is 7.30. The highest BCUT2D eigenvalue weighted by Gasteiger charge is 2.51. The van der Waals surface area contributed by atoms with Crippen molar-refractivity contribution in [1.82, 2.24) is 9.62 Å². The van der Waals surface area contributed by atoms with Crippen molar-refractivity contribution in [2.75, 3.05) is 26.2 Å². The molecular formula is C14H19N3O5S. The molecule has 0 aromatic heterocycles. The van der Waals surface area contributed by atoms with Gasteiger partial charge in [-0.1, -0.05) is 12.1 Å². The van der Waals surface area contributed by atoms with Crippen LogP contribution in [0.15, 0.2) is 29.2 Å². The molecule has 0 saturated carbocycles. The number of nitrogens with one attached hydrogen (secondary N) is 1. The molecule has 126 valence electrons. The van der Waals surface area contributed by atoms with E-state index in [-0.39, 0.29) is 18.0 Å². The van der Waals surface area contributed by atoms with Gasteiger partial charge in [0.1, 0.15) is 5.60 Å². The van der Waals surface area contributed by atoms with Gasteiger partial charge in [0.25, 0.3) is 5.69 Å². The van der Waals surface area contributed by atoms with E-state index in [0.717, 1.165) is 0 Å². The summed E-state index contributed by atoms with van der Waals surface area (Å²) in [5.74, 6) is 0. The monoisotopic (exact) mass is 341 g/mol. The number of benzene rings is 1. The predicted octanol–water partition coefficient (Wildman–Crippen LogP) is 0.736. The molecule has 23 heavy (non-hydrogen) atoms. The molecule has 1 aromatic rings. The first-order valence-corrected chi connectivity index (χ1v) is 8.74. The molecule has 8 nitrogen and oxygen atoms in total. The molecule has 2 aliphatic rings. The number of rotatable bonds is 3. The summed E-state index contributed by atoms with van der Waals surface area (Å²) in [5.41, 5.74) is -1.62. The van der Waals surface area contributed by atoms with Crippen molar-refractivity contribution in [3.05, 3.63) is 34.4 Å². The minimum atomic E-state index is -3.97. The van der Waals surface area contributed by atoms with E-state index < -0.39 is 31.8 Å². The van der Waals surface area contributed by atoms with E-state index in [1.54, 1.807) is 0 Å². The highest BCUT2D eigenvalue weighted by Crippen LogP contribution is 2.36. The Bertz CT molecular complexity index is 743. The quantitative estimate of drug-likeness (QED) is 0.642. The zero-order valence-corrected chi connectivity index (χ0v) is 13.8. The zero-order valence-electron chi connectivity index (χ0n) is 13.0. The lowest BCUT2D eigenvalue weighted by molar-refractivity contribution is -0.387. The molecule has 0 amide bonds. The second-order valence-electron chi connectivity index (χ2n) is 6.65. The smallest absolute Gasteiger partial charge is 0.289 e. The number of hydrogen-bond acceptors (Lipinski definition) is 6. The van der Waals surface area contributed by atoms with Gasteiger partial charge in [-0.2, -0.15) is 4.31 Å². The third-order valence-corrected chi connectivity index (χ3v) is 5.93. The molecule has 3 rings (SSSR count). The van der Waals surface area contributed by atoms with Crippen LogP contribution in [0.1, 0.15) is 13.8 Å². The van der Waals surface area contributed by atoms with E-state index in [4.69, 9.17) is 4.74 Å². The summed E-state index contributed by atoms with van der Waals surface area (Å²) in [5, 5.41) is 14.3. The fourth-order valence-electron chi connectivity index (χ4n) is 3.18. The van der Waals surface area contributed by atoms with E-state index in [1.165, 1.54) is 28.6 Å². The zero-order chi connectivity index (χ0) is 16.9. The van der Waals surface area contributed by atoms with Crippen LogP contribution in [0.4, 0.5) is 5.69 Å². The molecule has 9 heteroatoms. The van der Waals surface area contributed by atoms with Crippen molar-refractivity contribution >= 4 is 15.7 Å². The van der Waals surface area contributed by atoms with Gasteiger partial charge in [0.15, 0.2) is 4.90 Å². The van der Waals surface area contributed by atoms with Crippen molar-refractivity contribution in [3.63, 3.8) is 0 Å². The first-order chi connectivity index (χ1) is 10.7. The minimum absolute atomic E-state index is 0.156. The van der Waals surface area contributed by atoms with Gasteiger partial charge in [0.05, 0.1) is 10.5 Å². The summed E-state index contributed by atoms with van der Waals surface area (Å²) >= 11 is 0. The Kier molecular flexibility index (Phi) is 3.71. The second kappa shape index (κ2) is 5.23. The average Bonchev–Trinajstić information content (AvgIpc) is 2.44. The number of hydrogen-bond donors (Lipinski definition) is 1. The summed E-state index contributed by atoms with van der Waals surface area (Å²) in [6, 6.07) is 5.44. The van der Waals surface area contributed by atoms with Gasteiger partial charge in [-0.15, -0.1) is 0 Å². The van der Waals surface area contributed by atoms with Crippen molar-refractivity contribution < 1.29 is 18.1 Å². The molecule has 0 bridgehead atoms. The maximum absolute atomic E-state index is 13.0. The number of sulfonamides is 1. The fraction of sp³-hybridized carbons (Fsp3) is 0.571. The van der Waals surface area contributed by atoms with Gasteiger partial charge in [-0.05, 0) is 19.9 Å². The van der Waals surface area contributed by atoms with Crippen molar-refractivity contribution in [2.24, 2.45) is 0 Å². The summed E-state index contributed by atoms with van der Waals surface area (Å²) in [6.45, 7) is 5.14. The largest absolute Gasteiger partial charge is 0.364 e. The third kappa shape index (κ3) is 2.85. The van der Waals surface area contributed by atoms with Crippen LogP contribution in [0, 0.1) is 10.1 Å². The van der Waals surface area contributed by atoms with E-state index in [1.807, 2.05) is 13.8 Å². The third-order valence-electron chi connectivity index (χ3n) is 4.09. The van der Waals surface area contributed by atoms with Crippen molar-refractivity contribution in [3.8, 4) is 0 Å². The highest BCUT2D eigenvalue weighted by atomic mass is 32.2. The number of nitro benzene ring substituents is 1. The van der Waals surface area contributed by atoms with Gasteiger partial charge >= 0.3 is 0 Å². The number of para-hydroxylation sites is 1. The predicted molar refractivity (Wildman–Crippen MR) is 82.6 cm³/mol. The molecule has 1 N–H and O–H groups in total. The molecule has 2 heterocycles. The van der Waals surface area contributed by atoms with E-state index in [9.17, 15) is 18.5 Å². The van der Waals surface area contributed by atoms with Gasteiger partial charge in [-0.25, -0.2) is 8.42 Å². The molecule has 2 fully saturated rings. The minimum Gasteiger partial charge on any atom is -0.364 e. The van der Waals surface area contributed by atoms with Crippen LogP contribution in [0.25, 0.3) is 0 Å². The summed E-state index contributed by atoms with van der Waals surface area (Å²) in [7, 11) is -3.97. The SMILES string of the molecule is CC1(C)CN(S(=O)(=O)c2ccccc2[N+](=O)[O-])CC2(CNC2)O1. The Morgan fingerprint density at radius 2 is 1.91 bits per heavy atom. The Balaban J connectivity index is 2.01. The molecule has 0 atom stereocenters. The molecule has 2 aliphatic heterocycles. The van der Waals surface area contributed by atoms with Gasteiger partial charge in [-0.3, -0.25) is 10.1 Å². The maximum Gasteiger partial charge on any atom is 0.289 e. The molecule has 1 aromatic carbocycles. The van der Waals surface area contributed by atoms with Gasteiger partial charge in [0, 0.05) is 32.2 Å². The first kappa shape index (κ1) is 16.3. The molecule has 0 radical (unpaired) electrons. The van der Waals surface area contributed by atoms with E-state index >= 15 is 0 Å². The fourth-order valence-corrected chi connectivity index (χ4v) is 5.00. The molecule has 1 spiro atoms. The molecule has 0 unspecified atom stereocenters. The second-order valence-corrected chi connectivity index (χ2v) is 8.55. The Morgan fingerprint density at radius 3 is 2.48 bits per heavy atom. The highest BCUT2D eigenvalue weighted by molar-refractivity contribution is 7.89. The van der Waals surface area contributed by atoms with E-state index in [0.29, 0.717) is 13.1 Å². The van der Waals surface area contributed by atoms with Crippen LogP contribution in [0.5, 0.6) is 0 Å². The van der Waals surface area contributed by atoms with E-state index in [2.05, 4.69) is 5.32 Å². The lowest BCUT2D eigenvalue weighted by atomic mass is 9.92. The maximum atomic E-state index is 13.0. The lowest BCUT2D eigenvalue weighted by Gasteiger charge is -2.53. The average molecular weight is 341 g/mol. The van der Waals surface area contributed by atoms with Crippen molar-refractivity contribution in [2.45, 2.75) is 29.9 Å². The molecule has 0 aliphatic carbocycles. The standard InChI is InChI=1S/C14H19N3O5S/c1-13(2)9-16(10-14(22-13)7-15-8-14)23(20,21)12-6-4-3-5-11(12)17(18)19/h3-6,15H,7-10H2,1-2H3. The molecular weight excluding hydrogens is 322 g/mol. The van der Waals surface area contributed by atoms with Gasteiger partial charge < -0.3 is 10.1 Å².